The van der Waals surface area contributed by atoms with Crippen molar-refractivity contribution in [3.63, 3.8) is 0 Å². The summed E-state index contributed by atoms with van der Waals surface area (Å²) in [5.74, 6) is 1.19. The lowest BCUT2D eigenvalue weighted by atomic mass is 10.1. The van der Waals surface area contributed by atoms with Crippen LogP contribution in [0.4, 0.5) is 0 Å². The Kier molecular flexibility index (Phi) is 13.2. The highest BCUT2D eigenvalue weighted by molar-refractivity contribution is 5.83. The van der Waals surface area contributed by atoms with Crippen molar-refractivity contribution in [2.24, 2.45) is 10.2 Å². The molecule has 0 radical (unpaired) electrons. The SMILES string of the molecule is O=C(CCCCCCC(=O)N/N=C/c1cccc(OCc2ccccc2)c1)N/N=C/c1cccc(OCc2ccccc2)c1. The van der Waals surface area contributed by atoms with E-state index in [1.165, 1.54) is 0 Å². The maximum Gasteiger partial charge on any atom is 0.240 e. The van der Waals surface area contributed by atoms with Gasteiger partial charge in [-0.2, -0.15) is 10.2 Å². The summed E-state index contributed by atoms with van der Waals surface area (Å²) < 4.78 is 11.7. The van der Waals surface area contributed by atoms with Crippen molar-refractivity contribution in [1.29, 1.82) is 0 Å². The highest BCUT2D eigenvalue weighted by Crippen LogP contribution is 2.15. The Balaban J connectivity index is 1.04. The van der Waals surface area contributed by atoms with Crippen molar-refractivity contribution >= 4 is 24.2 Å². The number of hydrogen-bond donors (Lipinski definition) is 2. The van der Waals surface area contributed by atoms with E-state index < -0.39 is 0 Å². The highest BCUT2D eigenvalue weighted by Gasteiger charge is 2.03. The minimum atomic E-state index is -0.139. The van der Waals surface area contributed by atoms with Crippen LogP contribution >= 0.6 is 0 Å². The van der Waals surface area contributed by atoms with Crippen LogP contribution in [0.25, 0.3) is 0 Å². The Morgan fingerprint density at radius 3 is 1.41 bits per heavy atom. The second-order valence-electron chi connectivity index (χ2n) is 10.2. The Hall–Kier alpha value is -5.24. The zero-order chi connectivity index (χ0) is 30.7. The van der Waals surface area contributed by atoms with Crippen molar-refractivity contribution in [3.8, 4) is 11.5 Å². The topological polar surface area (TPSA) is 101 Å². The Morgan fingerprint density at radius 2 is 0.977 bits per heavy atom. The van der Waals surface area contributed by atoms with Gasteiger partial charge in [-0.1, -0.05) is 97.8 Å². The number of carbonyl (C=O) groups excluding carboxylic acids is 2. The zero-order valence-electron chi connectivity index (χ0n) is 24.7. The average Bonchev–Trinajstić information content (AvgIpc) is 3.06. The number of nitrogens with one attached hydrogen (secondary N) is 2. The summed E-state index contributed by atoms with van der Waals surface area (Å²) >= 11 is 0. The Bertz CT molecular complexity index is 1390. The molecule has 0 aromatic heterocycles. The lowest BCUT2D eigenvalue weighted by Crippen LogP contribution is -2.17. The number of amides is 2. The number of benzene rings is 4. The van der Waals surface area contributed by atoms with E-state index in [1.54, 1.807) is 12.4 Å². The molecule has 0 atom stereocenters. The van der Waals surface area contributed by atoms with E-state index in [4.69, 9.17) is 9.47 Å². The van der Waals surface area contributed by atoms with Crippen molar-refractivity contribution in [3.05, 3.63) is 131 Å². The molecule has 0 heterocycles. The van der Waals surface area contributed by atoms with Gasteiger partial charge >= 0.3 is 0 Å². The molecule has 0 spiro atoms. The Morgan fingerprint density at radius 1 is 0.545 bits per heavy atom. The monoisotopic (exact) mass is 590 g/mol. The van der Waals surface area contributed by atoms with Gasteiger partial charge in [0.15, 0.2) is 0 Å². The molecule has 0 unspecified atom stereocenters. The first-order valence-corrected chi connectivity index (χ1v) is 14.8. The number of hydrogen-bond acceptors (Lipinski definition) is 6. The third kappa shape index (κ3) is 12.3. The van der Waals surface area contributed by atoms with Crippen LogP contribution in [0.15, 0.2) is 119 Å². The van der Waals surface area contributed by atoms with Gasteiger partial charge in [0.2, 0.25) is 11.8 Å². The fourth-order valence-corrected chi connectivity index (χ4v) is 4.25. The molecule has 0 aliphatic heterocycles. The van der Waals surface area contributed by atoms with Crippen molar-refractivity contribution in [1.82, 2.24) is 10.9 Å². The van der Waals surface area contributed by atoms with Gasteiger partial charge in [-0.25, -0.2) is 10.9 Å². The average molecular weight is 591 g/mol. The summed E-state index contributed by atoms with van der Waals surface area (Å²) in [5.41, 5.74) is 9.00. The summed E-state index contributed by atoms with van der Waals surface area (Å²) in [6, 6.07) is 35.0. The normalized spacial score (nSPS) is 11.0. The van der Waals surface area contributed by atoms with Crippen molar-refractivity contribution in [2.45, 2.75) is 51.7 Å². The van der Waals surface area contributed by atoms with Crippen LogP contribution in [0.3, 0.4) is 0 Å². The summed E-state index contributed by atoms with van der Waals surface area (Å²) in [4.78, 5) is 24.2. The van der Waals surface area contributed by atoms with Crippen LogP contribution < -0.4 is 20.3 Å². The van der Waals surface area contributed by atoms with Crippen molar-refractivity contribution < 1.29 is 19.1 Å². The van der Waals surface area contributed by atoms with E-state index in [0.717, 1.165) is 59.4 Å². The largest absolute Gasteiger partial charge is 0.489 e. The number of carbonyl (C=O) groups is 2. The first-order chi connectivity index (χ1) is 21.6. The molecule has 2 amide bonds. The molecule has 4 rings (SSSR count). The van der Waals surface area contributed by atoms with E-state index in [0.29, 0.717) is 26.1 Å². The van der Waals surface area contributed by atoms with E-state index in [1.807, 2.05) is 109 Å². The lowest BCUT2D eigenvalue weighted by molar-refractivity contribution is -0.122. The maximum atomic E-state index is 12.1. The number of rotatable bonds is 17. The van der Waals surface area contributed by atoms with Gasteiger partial charge < -0.3 is 9.47 Å². The maximum absolute atomic E-state index is 12.1. The number of unbranched alkanes of at least 4 members (excludes halogenated alkanes) is 3. The van der Waals surface area contributed by atoms with E-state index in [2.05, 4.69) is 21.1 Å². The first kappa shape index (κ1) is 31.7. The standard InChI is InChI=1S/C36H38N4O4/c41-35(39-37-25-31-17-11-19-33(23-31)43-27-29-13-5-3-6-14-29)21-9-1-2-10-22-36(42)40-38-26-32-18-12-20-34(24-32)44-28-30-15-7-4-8-16-30/h3-8,11-20,23-26H,1-2,9-10,21-22,27-28H2,(H,39,41)(H,40,42)/b37-25+,38-26+. The highest BCUT2D eigenvalue weighted by atomic mass is 16.5. The molecule has 0 fully saturated rings. The molecule has 8 nitrogen and oxygen atoms in total. The van der Waals surface area contributed by atoms with Gasteiger partial charge in [-0.15, -0.1) is 0 Å². The Labute approximate surface area is 258 Å². The van der Waals surface area contributed by atoms with Gasteiger partial charge in [-0.05, 0) is 59.4 Å². The molecule has 0 bridgehead atoms. The summed E-state index contributed by atoms with van der Waals surface area (Å²) in [6.07, 6.45) is 7.12. The molecular weight excluding hydrogens is 552 g/mol. The second-order valence-corrected chi connectivity index (χ2v) is 10.2. The van der Waals surface area contributed by atoms with Crippen LogP contribution in [0.5, 0.6) is 11.5 Å². The molecule has 8 heteroatoms. The van der Waals surface area contributed by atoms with Crippen LogP contribution in [0.2, 0.25) is 0 Å². The van der Waals surface area contributed by atoms with Gasteiger partial charge in [-0.3, -0.25) is 9.59 Å². The third-order valence-electron chi connectivity index (χ3n) is 6.58. The van der Waals surface area contributed by atoms with E-state index in [-0.39, 0.29) is 11.8 Å². The summed E-state index contributed by atoms with van der Waals surface area (Å²) in [7, 11) is 0. The number of hydrazone groups is 2. The molecule has 226 valence electrons. The van der Waals surface area contributed by atoms with E-state index >= 15 is 0 Å². The second kappa shape index (κ2) is 18.3. The summed E-state index contributed by atoms with van der Waals surface area (Å²) in [6.45, 7) is 0.969. The fraction of sp³-hybridized carbons (Fsp3) is 0.222. The molecular formula is C36H38N4O4. The minimum absolute atomic E-state index is 0.139. The number of nitrogens with zero attached hydrogens (tertiary/aromatic N) is 2. The third-order valence-corrected chi connectivity index (χ3v) is 6.58. The molecule has 44 heavy (non-hydrogen) atoms. The van der Waals surface area contributed by atoms with Gasteiger partial charge in [0.25, 0.3) is 0 Å². The van der Waals surface area contributed by atoms with Gasteiger partial charge in [0.05, 0.1) is 12.4 Å². The fourth-order valence-electron chi connectivity index (χ4n) is 4.25. The number of ether oxygens (including phenoxy) is 2. The molecule has 4 aromatic rings. The summed E-state index contributed by atoms with van der Waals surface area (Å²) in [5, 5.41) is 8.13. The molecule has 0 saturated carbocycles. The molecule has 2 N–H and O–H groups in total. The predicted molar refractivity (Wildman–Crippen MR) is 174 cm³/mol. The minimum Gasteiger partial charge on any atom is -0.489 e. The quantitative estimate of drug-likeness (QED) is 0.0804. The lowest BCUT2D eigenvalue weighted by Gasteiger charge is -2.07. The zero-order valence-corrected chi connectivity index (χ0v) is 24.7. The molecule has 0 aliphatic rings. The predicted octanol–water partition coefficient (Wildman–Crippen LogP) is 6.79. The van der Waals surface area contributed by atoms with Crippen molar-refractivity contribution in [2.75, 3.05) is 0 Å². The van der Waals surface area contributed by atoms with Crippen LogP contribution in [0.1, 0.15) is 60.8 Å². The first-order valence-electron chi connectivity index (χ1n) is 14.8. The molecule has 0 saturated heterocycles. The smallest absolute Gasteiger partial charge is 0.240 e. The van der Waals surface area contributed by atoms with Gasteiger partial charge in [0, 0.05) is 12.8 Å². The van der Waals surface area contributed by atoms with E-state index in [9.17, 15) is 9.59 Å². The van der Waals surface area contributed by atoms with Crippen LogP contribution in [0, 0.1) is 0 Å². The molecule has 0 aliphatic carbocycles. The molecule has 4 aromatic carbocycles. The van der Waals surface area contributed by atoms with Crippen LogP contribution in [-0.4, -0.2) is 24.2 Å². The van der Waals surface area contributed by atoms with Gasteiger partial charge in [0.1, 0.15) is 24.7 Å². The van der Waals surface area contributed by atoms with Crippen LogP contribution in [-0.2, 0) is 22.8 Å².